The van der Waals surface area contributed by atoms with Crippen molar-refractivity contribution < 1.29 is 27.7 Å². The largest absolute Gasteiger partial charge is 0.494 e. The standard InChI is InChI=1S/C41H58O3Si.C36H59BO3Si/c1-14-41(15-2,35-22-23-36(29(4)26-35)32-17-16-18-33(27-32)38(43)30(5)42)34-21-19-31(28(3)25-34)20-24-37(39(6,7)8)44-45(12,13)40(9,10)11;1-15-36(16-2,31-20-21-32(26(4)24-31)37-38-27(5)28(6)39-37)30-19-17-29(25(3)23-30)18-22-33(34(7,8)9)40-41(13,14)35(10,11)12/h16-19,21-23,25-27,37H,14-15,20,24H2,1-13H3;17,19-21,23-24,27-28,33H,15-16,18,22H2,1-14H3. The maximum Gasteiger partial charge on any atom is 0.494 e. The van der Waals surface area contributed by atoms with Crippen LogP contribution < -0.4 is 5.46 Å². The number of rotatable bonds is 22. The molecule has 0 saturated carbocycles. The molecule has 0 amide bonds. The van der Waals surface area contributed by atoms with E-state index in [1.54, 1.807) is 6.07 Å². The van der Waals surface area contributed by atoms with E-state index in [4.69, 9.17) is 18.2 Å². The number of benzene rings is 5. The van der Waals surface area contributed by atoms with Gasteiger partial charge in [0.05, 0.1) is 24.4 Å². The number of Topliss-reactive ketones (excluding diaryl/α,β-unsaturated/α-hetero) is 2. The van der Waals surface area contributed by atoms with E-state index in [2.05, 4.69) is 251 Å². The van der Waals surface area contributed by atoms with E-state index in [0.29, 0.717) is 5.56 Å². The second-order valence-electron chi connectivity index (χ2n) is 31.0. The van der Waals surface area contributed by atoms with Crippen LogP contribution in [0.15, 0.2) is 97.1 Å². The molecule has 5 aromatic carbocycles. The first-order valence-corrected chi connectivity index (χ1v) is 38.7. The Morgan fingerprint density at radius 2 is 0.884 bits per heavy atom. The summed E-state index contributed by atoms with van der Waals surface area (Å²) in [5.41, 5.74) is 17.1. The average molecular weight is 1210 g/mol. The number of carbonyl (C=O) groups excluding carboxylic acids is 2. The summed E-state index contributed by atoms with van der Waals surface area (Å²) in [4.78, 5) is 24.0. The Balaban J connectivity index is 0.000000315. The van der Waals surface area contributed by atoms with Gasteiger partial charge in [0.25, 0.3) is 0 Å². The first-order valence-electron chi connectivity index (χ1n) is 32.9. The zero-order chi connectivity index (χ0) is 64.9. The SMILES string of the molecule is CCC(CC)(c1ccc(CCC(O[Si](C)(C)C(C)(C)C)C(C)(C)C)c(C)c1)c1ccc(-c2cccc(C(=O)C(C)=O)c2)c(C)c1.CCC(CC)(c1ccc(CCC(O[Si](C)(C)C(C)(C)C)C(C)(C)C)c(C)c1)c1ccc(B2OC(C)C(C)O2)c(C)c1. The third-order valence-corrected chi connectivity index (χ3v) is 29.9. The minimum Gasteiger partial charge on any atom is -0.413 e. The van der Waals surface area contributed by atoms with Gasteiger partial charge in [0, 0.05) is 23.3 Å². The van der Waals surface area contributed by atoms with E-state index >= 15 is 0 Å². The van der Waals surface area contributed by atoms with E-state index in [9.17, 15) is 9.59 Å². The fraction of sp³-hybridized carbons (Fsp3) is 0.584. The van der Waals surface area contributed by atoms with Gasteiger partial charge in [-0.15, -0.1) is 0 Å². The molecule has 472 valence electrons. The number of aryl methyl sites for hydroxylation is 6. The van der Waals surface area contributed by atoms with Gasteiger partial charge in [-0.2, -0.15) is 0 Å². The number of ketones is 2. The number of hydrogen-bond acceptors (Lipinski definition) is 6. The van der Waals surface area contributed by atoms with Crippen LogP contribution in [0, 0.1) is 38.5 Å². The highest BCUT2D eigenvalue weighted by Gasteiger charge is 2.44. The molecule has 4 unspecified atom stereocenters. The Morgan fingerprint density at radius 3 is 1.22 bits per heavy atom. The molecule has 0 bridgehead atoms. The van der Waals surface area contributed by atoms with Crippen molar-refractivity contribution in [2.75, 3.05) is 0 Å². The highest BCUT2D eigenvalue weighted by Crippen LogP contribution is 2.45. The van der Waals surface area contributed by atoms with Crippen LogP contribution in [0.2, 0.25) is 36.3 Å². The Kier molecular flexibility index (Phi) is 23.9. The molecule has 0 aliphatic carbocycles. The van der Waals surface area contributed by atoms with Gasteiger partial charge in [0.15, 0.2) is 22.4 Å². The highest BCUT2D eigenvalue weighted by atomic mass is 28.4. The minimum absolute atomic E-state index is 0.0239. The van der Waals surface area contributed by atoms with Crippen molar-refractivity contribution in [3.8, 4) is 11.1 Å². The minimum atomic E-state index is -1.88. The molecule has 1 aliphatic rings. The van der Waals surface area contributed by atoms with Crippen molar-refractivity contribution in [2.24, 2.45) is 10.8 Å². The Morgan fingerprint density at radius 1 is 0.512 bits per heavy atom. The molecular formula is C77H117BO6Si2. The summed E-state index contributed by atoms with van der Waals surface area (Å²) in [7, 11) is -4.01. The Labute approximate surface area is 527 Å². The zero-order valence-electron chi connectivity index (χ0n) is 59.2. The smallest absolute Gasteiger partial charge is 0.413 e. The van der Waals surface area contributed by atoms with Crippen LogP contribution in [0.4, 0.5) is 0 Å². The lowest BCUT2D eigenvalue weighted by Crippen LogP contribution is -2.47. The monoisotopic (exact) mass is 1200 g/mol. The summed E-state index contributed by atoms with van der Waals surface area (Å²) in [5, 5.41) is 0.398. The molecule has 9 heteroatoms. The van der Waals surface area contributed by atoms with E-state index in [0.717, 1.165) is 73.5 Å². The maximum absolute atomic E-state index is 12.3. The molecule has 1 heterocycles. The molecule has 1 saturated heterocycles. The molecule has 86 heavy (non-hydrogen) atoms. The Bertz CT molecular complexity index is 3090. The van der Waals surface area contributed by atoms with Crippen molar-refractivity contribution >= 4 is 40.8 Å². The molecular weight excluding hydrogens is 1090 g/mol. The van der Waals surface area contributed by atoms with Gasteiger partial charge in [0.2, 0.25) is 5.78 Å². The third kappa shape index (κ3) is 16.8. The summed E-state index contributed by atoms with van der Waals surface area (Å²) in [6.45, 7) is 61.0. The molecule has 6 rings (SSSR count). The van der Waals surface area contributed by atoms with Crippen molar-refractivity contribution in [3.63, 3.8) is 0 Å². The van der Waals surface area contributed by atoms with Gasteiger partial charge in [-0.25, -0.2) is 0 Å². The second-order valence-corrected chi connectivity index (χ2v) is 40.5. The molecule has 0 aromatic heterocycles. The average Bonchev–Trinajstić information content (AvgIpc) is 0.978. The van der Waals surface area contributed by atoms with Crippen molar-refractivity contribution in [1.82, 2.24) is 0 Å². The second kappa shape index (κ2) is 28.3. The van der Waals surface area contributed by atoms with Crippen LogP contribution >= 0.6 is 0 Å². The van der Waals surface area contributed by atoms with Gasteiger partial charge < -0.3 is 18.2 Å². The molecule has 0 radical (unpaired) electrons. The van der Waals surface area contributed by atoms with Crippen LogP contribution in [0.5, 0.6) is 0 Å². The lowest BCUT2D eigenvalue weighted by Gasteiger charge is -2.43. The molecule has 6 nitrogen and oxygen atoms in total. The summed E-state index contributed by atoms with van der Waals surface area (Å²) in [6.07, 6.45) is 8.90. The van der Waals surface area contributed by atoms with Crippen LogP contribution in [0.25, 0.3) is 11.1 Å². The molecule has 0 N–H and O–H groups in total. The maximum atomic E-state index is 12.3. The molecule has 5 aromatic rings. The summed E-state index contributed by atoms with van der Waals surface area (Å²) in [5.74, 6) is -0.886. The number of carbonyl (C=O) groups is 2. The predicted molar refractivity (Wildman–Crippen MR) is 374 cm³/mol. The Hall–Kier alpha value is -4.22. The van der Waals surface area contributed by atoms with E-state index in [1.165, 1.54) is 57.0 Å². The first kappa shape index (κ1) is 72.5. The fourth-order valence-corrected chi connectivity index (χ4v) is 15.4. The predicted octanol–water partition coefficient (Wildman–Crippen LogP) is 20.5. The normalized spacial score (nSPS) is 16.4. The summed E-state index contributed by atoms with van der Waals surface area (Å²) >= 11 is 0. The highest BCUT2D eigenvalue weighted by molar-refractivity contribution is 6.74. The van der Waals surface area contributed by atoms with Gasteiger partial charge in [-0.1, -0.05) is 207 Å². The van der Waals surface area contributed by atoms with Crippen LogP contribution in [0.3, 0.4) is 0 Å². The molecule has 0 spiro atoms. The van der Waals surface area contributed by atoms with Gasteiger partial charge in [-0.3, -0.25) is 9.59 Å². The lowest BCUT2D eigenvalue weighted by atomic mass is 9.67. The van der Waals surface area contributed by atoms with E-state index in [1.807, 2.05) is 18.2 Å². The van der Waals surface area contributed by atoms with E-state index in [-0.39, 0.29) is 63.3 Å². The first-order chi connectivity index (χ1) is 39.6. The van der Waals surface area contributed by atoms with Gasteiger partial charge in [0.1, 0.15) is 0 Å². The van der Waals surface area contributed by atoms with Crippen LogP contribution in [0.1, 0.15) is 236 Å². The molecule has 1 aliphatic heterocycles. The topological polar surface area (TPSA) is 71.1 Å². The summed E-state index contributed by atoms with van der Waals surface area (Å²) in [6, 6.07) is 35.5. The van der Waals surface area contributed by atoms with Crippen LogP contribution in [-0.4, -0.2) is 59.7 Å². The quantitative estimate of drug-likeness (QED) is 0.0391. The molecule has 4 atom stereocenters. The lowest BCUT2D eigenvalue weighted by molar-refractivity contribution is -0.113. The summed E-state index contributed by atoms with van der Waals surface area (Å²) < 4.78 is 26.2. The van der Waals surface area contributed by atoms with Crippen molar-refractivity contribution in [2.45, 2.75) is 282 Å². The van der Waals surface area contributed by atoms with Gasteiger partial charge in [-0.05, 0) is 213 Å². The zero-order valence-corrected chi connectivity index (χ0v) is 61.2. The number of hydrogen-bond donors (Lipinski definition) is 0. The third-order valence-electron chi connectivity index (χ3n) is 20.9. The van der Waals surface area contributed by atoms with Crippen molar-refractivity contribution in [3.05, 3.63) is 158 Å². The van der Waals surface area contributed by atoms with E-state index < -0.39 is 28.2 Å². The van der Waals surface area contributed by atoms with Gasteiger partial charge >= 0.3 is 7.12 Å². The molecule has 1 fully saturated rings. The fourth-order valence-electron chi connectivity index (χ4n) is 12.3. The van der Waals surface area contributed by atoms with Crippen LogP contribution in [-0.2, 0) is 46.6 Å². The van der Waals surface area contributed by atoms with Crippen molar-refractivity contribution in [1.29, 1.82) is 0 Å².